The molecule has 44 valence electrons. The highest BCUT2D eigenvalue weighted by Gasteiger charge is 1.96. The van der Waals surface area contributed by atoms with Gasteiger partial charge in [-0.3, -0.25) is 5.10 Å². The van der Waals surface area contributed by atoms with Gasteiger partial charge in [-0.05, 0) is 19.4 Å². The molecule has 1 N–H and O–H groups in total. The van der Waals surface area contributed by atoms with Crippen LogP contribution in [0.4, 0.5) is 0 Å². The molecule has 0 aromatic carbocycles. The SMILES string of the molecule is Cc1[nH]nc(P)c1C. The zero-order valence-electron chi connectivity index (χ0n) is 5.02. The van der Waals surface area contributed by atoms with E-state index < -0.39 is 0 Å². The van der Waals surface area contributed by atoms with Gasteiger partial charge in [0, 0.05) is 5.69 Å². The molecular formula is C5H9N2P. The molecule has 1 aromatic heterocycles. The van der Waals surface area contributed by atoms with E-state index in [4.69, 9.17) is 0 Å². The third kappa shape index (κ3) is 0.760. The van der Waals surface area contributed by atoms with E-state index in [0.29, 0.717) is 0 Å². The van der Waals surface area contributed by atoms with Crippen molar-refractivity contribution in [3.05, 3.63) is 11.3 Å². The zero-order chi connectivity index (χ0) is 6.15. The fourth-order valence-electron chi connectivity index (χ4n) is 0.504. The van der Waals surface area contributed by atoms with Crippen LogP contribution in [0, 0.1) is 13.8 Å². The van der Waals surface area contributed by atoms with Crippen molar-refractivity contribution in [2.75, 3.05) is 0 Å². The van der Waals surface area contributed by atoms with Crippen LogP contribution in [0.15, 0.2) is 0 Å². The Kier molecular flexibility index (Phi) is 1.35. The van der Waals surface area contributed by atoms with Crippen LogP contribution < -0.4 is 5.44 Å². The Morgan fingerprint density at radius 1 is 1.50 bits per heavy atom. The van der Waals surface area contributed by atoms with E-state index in [-0.39, 0.29) is 0 Å². The summed E-state index contributed by atoms with van der Waals surface area (Å²) in [5, 5.41) is 6.82. The Hall–Kier alpha value is -0.360. The van der Waals surface area contributed by atoms with Crippen molar-refractivity contribution in [3.8, 4) is 0 Å². The Balaban J connectivity index is 3.19. The monoisotopic (exact) mass is 128 g/mol. The van der Waals surface area contributed by atoms with Crippen molar-refractivity contribution >= 4 is 14.7 Å². The molecule has 1 rings (SSSR count). The first-order valence-electron chi connectivity index (χ1n) is 2.49. The molecule has 0 aliphatic rings. The van der Waals surface area contributed by atoms with Gasteiger partial charge in [0.1, 0.15) is 0 Å². The summed E-state index contributed by atoms with van der Waals surface area (Å²) in [5.41, 5.74) is 3.40. The number of aromatic amines is 1. The molecule has 1 heterocycles. The Morgan fingerprint density at radius 2 is 2.12 bits per heavy atom. The third-order valence-corrected chi connectivity index (χ3v) is 1.85. The smallest absolute Gasteiger partial charge is 0.0818 e. The quantitative estimate of drug-likeness (QED) is 0.507. The number of nitrogens with one attached hydrogen (secondary N) is 1. The summed E-state index contributed by atoms with van der Waals surface area (Å²) in [6, 6.07) is 0. The van der Waals surface area contributed by atoms with Gasteiger partial charge >= 0.3 is 0 Å². The predicted octanol–water partition coefficient (Wildman–Crippen LogP) is 0.527. The molecule has 1 atom stereocenters. The maximum Gasteiger partial charge on any atom is 0.0818 e. The van der Waals surface area contributed by atoms with E-state index in [2.05, 4.69) is 19.4 Å². The maximum absolute atomic E-state index is 3.95. The first kappa shape index (κ1) is 5.77. The van der Waals surface area contributed by atoms with Crippen LogP contribution >= 0.6 is 9.24 Å². The highest BCUT2D eigenvalue weighted by Crippen LogP contribution is 1.99. The van der Waals surface area contributed by atoms with Crippen LogP contribution in [0.1, 0.15) is 11.3 Å². The van der Waals surface area contributed by atoms with Gasteiger partial charge in [-0.2, -0.15) is 5.10 Å². The minimum absolute atomic E-state index is 1.02. The average molecular weight is 128 g/mol. The van der Waals surface area contributed by atoms with Gasteiger partial charge in [0.05, 0.1) is 5.44 Å². The summed E-state index contributed by atoms with van der Waals surface area (Å²) in [6.07, 6.45) is 0. The molecule has 0 aliphatic carbocycles. The first-order chi connectivity index (χ1) is 3.72. The average Bonchev–Trinajstić information content (AvgIpc) is 1.98. The minimum atomic E-state index is 1.02. The molecule has 3 heteroatoms. The second kappa shape index (κ2) is 1.87. The lowest BCUT2D eigenvalue weighted by atomic mass is 10.3. The van der Waals surface area contributed by atoms with Gasteiger partial charge in [-0.25, -0.2) is 0 Å². The van der Waals surface area contributed by atoms with Crippen molar-refractivity contribution in [3.63, 3.8) is 0 Å². The zero-order valence-corrected chi connectivity index (χ0v) is 6.18. The fourth-order valence-corrected chi connectivity index (χ4v) is 0.785. The van der Waals surface area contributed by atoms with Crippen LogP contribution in [0.3, 0.4) is 0 Å². The molecule has 0 amide bonds. The molecule has 1 aromatic rings. The lowest BCUT2D eigenvalue weighted by Crippen LogP contribution is -1.92. The van der Waals surface area contributed by atoms with Gasteiger partial charge in [0.15, 0.2) is 0 Å². The lowest BCUT2D eigenvalue weighted by Gasteiger charge is -1.83. The van der Waals surface area contributed by atoms with Crippen LogP contribution in [0.5, 0.6) is 0 Å². The van der Waals surface area contributed by atoms with Gasteiger partial charge in [0.2, 0.25) is 0 Å². The molecule has 0 saturated carbocycles. The Bertz CT molecular complexity index is 173. The number of aryl methyl sites for hydroxylation is 1. The number of aromatic nitrogens is 2. The third-order valence-electron chi connectivity index (χ3n) is 1.29. The molecule has 0 saturated heterocycles. The molecule has 0 fully saturated rings. The van der Waals surface area contributed by atoms with Crippen molar-refractivity contribution in [2.45, 2.75) is 13.8 Å². The molecule has 0 radical (unpaired) electrons. The Labute approximate surface area is 50.9 Å². The normalized spacial score (nSPS) is 9.88. The highest BCUT2D eigenvalue weighted by atomic mass is 31.0. The molecule has 1 unspecified atom stereocenters. The van der Waals surface area contributed by atoms with E-state index >= 15 is 0 Å². The number of nitrogens with zero attached hydrogens (tertiary/aromatic N) is 1. The number of rotatable bonds is 0. The number of hydrogen-bond acceptors (Lipinski definition) is 1. The van der Waals surface area contributed by atoms with Crippen molar-refractivity contribution in [1.29, 1.82) is 0 Å². The maximum atomic E-state index is 3.95. The van der Waals surface area contributed by atoms with Crippen LogP contribution in [-0.4, -0.2) is 10.2 Å². The Morgan fingerprint density at radius 3 is 2.25 bits per heavy atom. The minimum Gasteiger partial charge on any atom is -0.282 e. The van der Waals surface area contributed by atoms with E-state index in [1.807, 2.05) is 13.8 Å². The summed E-state index contributed by atoms with van der Waals surface area (Å²) in [6.45, 7) is 4.05. The van der Waals surface area contributed by atoms with E-state index in [0.717, 1.165) is 11.1 Å². The summed E-state index contributed by atoms with van der Waals surface area (Å²) in [7, 11) is 2.57. The molecular weight excluding hydrogens is 119 g/mol. The summed E-state index contributed by atoms with van der Waals surface area (Å²) < 4.78 is 0. The van der Waals surface area contributed by atoms with Crippen LogP contribution in [-0.2, 0) is 0 Å². The predicted molar refractivity (Wildman–Crippen MR) is 37.4 cm³/mol. The van der Waals surface area contributed by atoms with Gasteiger partial charge < -0.3 is 0 Å². The lowest BCUT2D eigenvalue weighted by molar-refractivity contribution is 1.06. The van der Waals surface area contributed by atoms with Gasteiger partial charge in [0.25, 0.3) is 0 Å². The number of H-pyrrole nitrogens is 1. The summed E-state index contributed by atoms with van der Waals surface area (Å²) in [5.74, 6) is 0. The van der Waals surface area contributed by atoms with Gasteiger partial charge in [-0.1, -0.05) is 9.24 Å². The standard InChI is InChI=1S/C5H9N2P/c1-3-4(2)6-7-5(3)8/h8H2,1-2H3,(H,6,7). The molecule has 8 heavy (non-hydrogen) atoms. The molecule has 0 aliphatic heterocycles. The summed E-state index contributed by atoms with van der Waals surface area (Å²) in [4.78, 5) is 0. The largest absolute Gasteiger partial charge is 0.282 e. The fraction of sp³-hybridized carbons (Fsp3) is 0.400. The van der Waals surface area contributed by atoms with Crippen LogP contribution in [0.2, 0.25) is 0 Å². The van der Waals surface area contributed by atoms with Crippen molar-refractivity contribution in [1.82, 2.24) is 10.2 Å². The van der Waals surface area contributed by atoms with Crippen molar-refractivity contribution in [2.24, 2.45) is 0 Å². The highest BCUT2D eigenvalue weighted by molar-refractivity contribution is 7.27. The second-order valence-corrected chi connectivity index (χ2v) is 2.41. The molecule has 2 nitrogen and oxygen atoms in total. The molecule has 0 spiro atoms. The number of hydrogen-bond donors (Lipinski definition) is 1. The van der Waals surface area contributed by atoms with E-state index in [9.17, 15) is 0 Å². The van der Waals surface area contributed by atoms with Gasteiger partial charge in [-0.15, -0.1) is 0 Å². The topological polar surface area (TPSA) is 28.7 Å². The molecule has 0 bridgehead atoms. The first-order valence-corrected chi connectivity index (χ1v) is 3.06. The van der Waals surface area contributed by atoms with E-state index in [1.165, 1.54) is 5.56 Å². The second-order valence-electron chi connectivity index (χ2n) is 1.86. The van der Waals surface area contributed by atoms with Crippen LogP contribution in [0.25, 0.3) is 0 Å². The summed E-state index contributed by atoms with van der Waals surface area (Å²) >= 11 is 0. The van der Waals surface area contributed by atoms with Crippen molar-refractivity contribution < 1.29 is 0 Å². The van der Waals surface area contributed by atoms with E-state index in [1.54, 1.807) is 0 Å².